The number of aliphatic hydroxyl groups is 2. The van der Waals surface area contributed by atoms with Crippen LogP contribution in [0.5, 0.6) is 0 Å². The Bertz CT molecular complexity index is 1190. The molecule has 6 atom stereocenters. The summed E-state index contributed by atoms with van der Waals surface area (Å²) in [5.74, 6) is -4.33. The summed E-state index contributed by atoms with van der Waals surface area (Å²) >= 11 is 0. The molecule has 2 bridgehead atoms. The van der Waals surface area contributed by atoms with Gasteiger partial charge in [0.1, 0.15) is 18.3 Å². The smallest absolute Gasteiger partial charge is 0.307 e. The SMILES string of the molecule is CC(=O)O/C1=C(\C)[C@@H](OC(C)=O)C[C@@H](OC(C)=O)/C(CO)=C/[C@H](O)[C@@H]2C[C@@H](OC(C)=O)C(C)=C([C@@H]1OC(C)=O)C2(C)C. The number of rotatable bonds is 6. The van der Waals surface area contributed by atoms with Crippen LogP contribution in [-0.4, -0.2) is 77.2 Å². The summed E-state index contributed by atoms with van der Waals surface area (Å²) < 4.78 is 28.2. The van der Waals surface area contributed by atoms with Crippen LogP contribution in [0.1, 0.15) is 75.2 Å². The van der Waals surface area contributed by atoms with Gasteiger partial charge in [-0.3, -0.25) is 24.0 Å². The van der Waals surface area contributed by atoms with Crippen LogP contribution >= 0.6 is 0 Å². The highest BCUT2D eigenvalue weighted by molar-refractivity contribution is 5.70. The van der Waals surface area contributed by atoms with E-state index in [1.165, 1.54) is 33.8 Å². The number of carbonyl (C=O) groups excluding carboxylic acids is 5. The van der Waals surface area contributed by atoms with Gasteiger partial charge in [-0.15, -0.1) is 0 Å². The minimum atomic E-state index is -1.36. The van der Waals surface area contributed by atoms with E-state index in [2.05, 4.69) is 0 Å². The maximum atomic E-state index is 12.5. The van der Waals surface area contributed by atoms with E-state index in [1.807, 2.05) is 0 Å². The van der Waals surface area contributed by atoms with Gasteiger partial charge in [-0.1, -0.05) is 19.9 Å². The van der Waals surface area contributed by atoms with Crippen molar-refractivity contribution in [3.8, 4) is 0 Å². The molecular formula is C30H42O12. The maximum absolute atomic E-state index is 12.5. The molecule has 0 aromatic rings. The maximum Gasteiger partial charge on any atom is 0.307 e. The lowest BCUT2D eigenvalue weighted by atomic mass is 9.60. The summed E-state index contributed by atoms with van der Waals surface area (Å²) in [5.41, 5.74) is 0.238. The molecule has 0 aliphatic heterocycles. The molecule has 12 nitrogen and oxygen atoms in total. The fourth-order valence-corrected chi connectivity index (χ4v) is 5.88. The van der Waals surface area contributed by atoms with E-state index in [9.17, 15) is 34.2 Å². The van der Waals surface area contributed by atoms with Crippen LogP contribution in [-0.2, 0) is 47.7 Å². The van der Waals surface area contributed by atoms with Gasteiger partial charge >= 0.3 is 29.8 Å². The molecule has 234 valence electrons. The number of ether oxygens (including phenoxy) is 5. The van der Waals surface area contributed by atoms with E-state index < -0.39 is 78.3 Å². The van der Waals surface area contributed by atoms with E-state index in [4.69, 9.17) is 23.7 Å². The highest BCUT2D eigenvalue weighted by Gasteiger charge is 2.50. The molecule has 0 amide bonds. The van der Waals surface area contributed by atoms with Crippen molar-refractivity contribution in [2.75, 3.05) is 6.61 Å². The minimum absolute atomic E-state index is 0.140. The van der Waals surface area contributed by atoms with Crippen LogP contribution < -0.4 is 0 Å². The van der Waals surface area contributed by atoms with E-state index >= 15 is 0 Å². The first-order valence-electron chi connectivity index (χ1n) is 13.7. The third-order valence-corrected chi connectivity index (χ3v) is 7.65. The molecule has 12 heteroatoms. The average Bonchev–Trinajstić information content (AvgIpc) is 2.83. The second-order valence-corrected chi connectivity index (χ2v) is 11.2. The summed E-state index contributed by atoms with van der Waals surface area (Å²) in [4.78, 5) is 61.4. The minimum Gasteiger partial charge on any atom is -0.458 e. The highest BCUT2D eigenvalue weighted by atomic mass is 16.6. The first kappa shape index (κ1) is 34.7. The van der Waals surface area contributed by atoms with Gasteiger partial charge in [0.05, 0.1) is 12.7 Å². The summed E-state index contributed by atoms with van der Waals surface area (Å²) in [6.07, 6.45) is -4.55. The van der Waals surface area contributed by atoms with Crippen LogP contribution in [0.25, 0.3) is 0 Å². The van der Waals surface area contributed by atoms with Gasteiger partial charge in [-0.25, -0.2) is 0 Å². The normalized spacial score (nSPS) is 30.9. The molecule has 2 aliphatic carbocycles. The highest BCUT2D eigenvalue weighted by Crippen LogP contribution is 2.51. The van der Waals surface area contributed by atoms with Crippen LogP contribution in [0.4, 0.5) is 0 Å². The molecule has 0 saturated carbocycles. The van der Waals surface area contributed by atoms with Crippen molar-refractivity contribution in [1.29, 1.82) is 0 Å². The Labute approximate surface area is 245 Å². The Hall–Kier alpha value is -3.51. The fraction of sp³-hybridized carbons (Fsp3) is 0.633. The number of carbonyl (C=O) groups is 5. The first-order valence-corrected chi connectivity index (χ1v) is 13.7. The summed E-state index contributed by atoms with van der Waals surface area (Å²) in [7, 11) is 0. The second kappa shape index (κ2) is 14.1. The topological polar surface area (TPSA) is 172 Å². The van der Waals surface area contributed by atoms with Gasteiger partial charge in [0.2, 0.25) is 0 Å². The summed E-state index contributed by atoms with van der Waals surface area (Å²) in [6.45, 7) is 12.1. The van der Waals surface area contributed by atoms with E-state index in [0.29, 0.717) is 11.1 Å². The molecule has 42 heavy (non-hydrogen) atoms. The quantitative estimate of drug-likeness (QED) is 0.262. The zero-order chi connectivity index (χ0) is 32.1. The Balaban J connectivity index is 3.11. The number of fused-ring (bicyclic) bond motifs is 2. The molecule has 0 heterocycles. The molecule has 0 radical (unpaired) electrons. The standard InChI is InChI=1S/C30H42O12/c1-14-24(38-16(3)32)11-22-23(37)10-21(13-31)26(40-18(5)34)12-25(39-17(4)33)15(2)28(41-19(6)35)29(42-20(7)36)27(14)30(22,8)9/h10,22-26,29,31,37H,11-13H2,1-9H3/b21-10+,28-15+/t22-,23-,24+,25-,26+,29-/m0/s1. The van der Waals surface area contributed by atoms with Crippen molar-refractivity contribution < 1.29 is 57.9 Å². The third-order valence-electron chi connectivity index (χ3n) is 7.65. The monoisotopic (exact) mass is 594 g/mol. The lowest BCUT2D eigenvalue weighted by molar-refractivity contribution is -0.153. The molecule has 0 spiro atoms. The lowest BCUT2D eigenvalue weighted by Gasteiger charge is -2.48. The molecular weight excluding hydrogens is 552 g/mol. The molecule has 0 fully saturated rings. The van der Waals surface area contributed by atoms with Crippen LogP contribution in [0.2, 0.25) is 0 Å². The van der Waals surface area contributed by atoms with Gasteiger partial charge in [-0.2, -0.15) is 0 Å². The predicted molar refractivity (Wildman–Crippen MR) is 147 cm³/mol. The van der Waals surface area contributed by atoms with Crippen molar-refractivity contribution in [1.82, 2.24) is 0 Å². The largest absolute Gasteiger partial charge is 0.458 e. The number of hydrogen-bond donors (Lipinski definition) is 2. The molecule has 2 rings (SSSR count). The molecule has 0 unspecified atom stereocenters. The predicted octanol–water partition coefficient (Wildman–Crippen LogP) is 2.60. The summed E-state index contributed by atoms with van der Waals surface area (Å²) in [6, 6.07) is 0. The molecule has 2 N–H and O–H groups in total. The Morgan fingerprint density at radius 1 is 0.762 bits per heavy atom. The van der Waals surface area contributed by atoms with Crippen molar-refractivity contribution >= 4 is 29.8 Å². The number of esters is 5. The average molecular weight is 595 g/mol. The van der Waals surface area contributed by atoms with E-state index in [1.54, 1.807) is 20.8 Å². The van der Waals surface area contributed by atoms with Gasteiger partial charge < -0.3 is 33.9 Å². The molecule has 0 aromatic heterocycles. The third kappa shape index (κ3) is 8.28. The Morgan fingerprint density at radius 3 is 1.69 bits per heavy atom. The van der Waals surface area contributed by atoms with Crippen LogP contribution in [0.3, 0.4) is 0 Å². The molecule has 0 saturated heterocycles. The van der Waals surface area contributed by atoms with Crippen LogP contribution in [0, 0.1) is 11.3 Å². The second-order valence-electron chi connectivity index (χ2n) is 11.2. The number of hydrogen-bond acceptors (Lipinski definition) is 12. The van der Waals surface area contributed by atoms with Crippen molar-refractivity contribution in [3.05, 3.63) is 34.1 Å². The number of aliphatic hydroxyl groups excluding tert-OH is 2. The van der Waals surface area contributed by atoms with Crippen LogP contribution in [0.15, 0.2) is 34.1 Å². The van der Waals surface area contributed by atoms with E-state index in [-0.39, 0.29) is 29.7 Å². The van der Waals surface area contributed by atoms with Crippen molar-refractivity contribution in [2.45, 2.75) is 106 Å². The first-order chi connectivity index (χ1) is 19.4. The zero-order valence-corrected chi connectivity index (χ0v) is 25.6. The van der Waals surface area contributed by atoms with Gasteiger partial charge in [0.25, 0.3) is 0 Å². The lowest BCUT2D eigenvalue weighted by Crippen LogP contribution is -2.48. The Morgan fingerprint density at radius 2 is 1.24 bits per heavy atom. The Kier molecular flexibility index (Phi) is 11.7. The van der Waals surface area contributed by atoms with Crippen molar-refractivity contribution in [3.63, 3.8) is 0 Å². The van der Waals surface area contributed by atoms with Gasteiger partial charge in [-0.05, 0) is 42.4 Å². The fourth-order valence-electron chi connectivity index (χ4n) is 5.88. The van der Waals surface area contributed by atoms with Crippen molar-refractivity contribution in [2.24, 2.45) is 11.3 Å². The molecule has 0 aromatic carbocycles. The molecule has 2 aliphatic rings. The van der Waals surface area contributed by atoms with Gasteiger partial charge in [0, 0.05) is 52.5 Å². The van der Waals surface area contributed by atoms with E-state index in [0.717, 1.165) is 13.8 Å². The van der Waals surface area contributed by atoms with Gasteiger partial charge in [0.15, 0.2) is 11.9 Å². The zero-order valence-electron chi connectivity index (χ0n) is 25.6. The summed E-state index contributed by atoms with van der Waals surface area (Å²) in [5, 5.41) is 21.9.